The number of phenols is 1. The predicted molar refractivity (Wildman–Crippen MR) is 91.4 cm³/mol. The van der Waals surface area contributed by atoms with Crippen LogP contribution in [0.3, 0.4) is 0 Å². The lowest BCUT2D eigenvalue weighted by Gasteiger charge is -2.36. The highest BCUT2D eigenvalue weighted by Crippen LogP contribution is 2.46. The maximum absolute atomic E-state index is 13.6. The third-order valence-corrected chi connectivity index (χ3v) is 5.64. The maximum atomic E-state index is 13.6. The molecule has 3 nitrogen and oxygen atoms in total. The van der Waals surface area contributed by atoms with Crippen molar-refractivity contribution in [3.63, 3.8) is 0 Å². The van der Waals surface area contributed by atoms with E-state index in [1.54, 1.807) is 0 Å². The fourth-order valence-electron chi connectivity index (χ4n) is 3.00. The van der Waals surface area contributed by atoms with Gasteiger partial charge >= 0.3 is 6.18 Å². The van der Waals surface area contributed by atoms with E-state index in [0.717, 1.165) is 10.9 Å². The Labute approximate surface area is 150 Å². The fourth-order valence-corrected chi connectivity index (χ4v) is 4.21. The number of hydrogen-bond donors (Lipinski definition) is 2. The molecule has 130 valence electrons. The van der Waals surface area contributed by atoms with Gasteiger partial charge in [0.15, 0.2) is 0 Å². The standard InChI is InChI=1S/C16H16BrF3N2OS/c17-11-4-3-10(16(18,19)20)13(15(11)23)14(12-2-1-9-24-12)22-7-5-21-6-8-22/h1-4,9,14,21,23H,5-8H2/t14-/m1/s1. The summed E-state index contributed by atoms with van der Waals surface area (Å²) in [6, 6.07) is 5.28. The van der Waals surface area contributed by atoms with Gasteiger partial charge < -0.3 is 10.4 Å². The average Bonchev–Trinajstić information content (AvgIpc) is 3.06. The lowest BCUT2D eigenvalue weighted by atomic mass is 9.95. The lowest BCUT2D eigenvalue weighted by molar-refractivity contribution is -0.138. The van der Waals surface area contributed by atoms with Crippen molar-refractivity contribution in [3.05, 3.63) is 50.1 Å². The van der Waals surface area contributed by atoms with E-state index in [4.69, 9.17) is 0 Å². The molecule has 0 aliphatic carbocycles. The van der Waals surface area contributed by atoms with Crippen LogP contribution in [0, 0.1) is 0 Å². The van der Waals surface area contributed by atoms with E-state index in [-0.39, 0.29) is 15.8 Å². The summed E-state index contributed by atoms with van der Waals surface area (Å²) in [5.74, 6) is -0.346. The van der Waals surface area contributed by atoms with Crippen molar-refractivity contribution in [1.29, 1.82) is 0 Å². The Kier molecular flexibility index (Phi) is 5.19. The first-order valence-electron chi connectivity index (χ1n) is 7.46. The van der Waals surface area contributed by atoms with Crippen LogP contribution < -0.4 is 5.32 Å². The highest BCUT2D eigenvalue weighted by atomic mass is 79.9. The van der Waals surface area contributed by atoms with Crippen LogP contribution in [0.2, 0.25) is 0 Å². The molecule has 0 saturated carbocycles. The Morgan fingerprint density at radius 1 is 1.21 bits per heavy atom. The minimum Gasteiger partial charge on any atom is -0.506 e. The summed E-state index contributed by atoms with van der Waals surface area (Å²) in [7, 11) is 0. The van der Waals surface area contributed by atoms with Gasteiger partial charge in [-0.3, -0.25) is 4.90 Å². The minimum atomic E-state index is -4.53. The van der Waals surface area contributed by atoms with Gasteiger partial charge in [-0.2, -0.15) is 13.2 Å². The molecule has 0 radical (unpaired) electrons. The molecule has 2 aromatic rings. The molecule has 1 aromatic heterocycles. The van der Waals surface area contributed by atoms with Crippen LogP contribution >= 0.6 is 27.3 Å². The molecule has 1 aliphatic rings. The molecular weight excluding hydrogens is 405 g/mol. The molecule has 1 aliphatic heterocycles. The molecular formula is C16H16BrF3N2OS. The second-order valence-electron chi connectivity index (χ2n) is 5.56. The van der Waals surface area contributed by atoms with Crippen LogP contribution in [0.1, 0.15) is 22.0 Å². The largest absolute Gasteiger partial charge is 0.506 e. The molecule has 1 aromatic carbocycles. The number of nitrogens with zero attached hydrogens (tertiary/aromatic N) is 1. The SMILES string of the molecule is Oc1c(Br)ccc(C(F)(F)F)c1[C@@H](c1cccs1)N1CCNCC1. The first-order chi connectivity index (χ1) is 11.4. The Bertz CT molecular complexity index is 700. The molecule has 1 fully saturated rings. The molecule has 8 heteroatoms. The summed E-state index contributed by atoms with van der Waals surface area (Å²) in [4.78, 5) is 2.77. The maximum Gasteiger partial charge on any atom is 0.416 e. The highest BCUT2D eigenvalue weighted by molar-refractivity contribution is 9.10. The quantitative estimate of drug-likeness (QED) is 0.779. The van der Waals surface area contributed by atoms with Gasteiger partial charge in [0.25, 0.3) is 0 Å². The van der Waals surface area contributed by atoms with Gasteiger partial charge in [-0.05, 0) is 39.5 Å². The number of rotatable bonds is 3. The highest BCUT2D eigenvalue weighted by Gasteiger charge is 2.40. The van der Waals surface area contributed by atoms with Crippen molar-refractivity contribution >= 4 is 27.3 Å². The third kappa shape index (κ3) is 3.46. The van der Waals surface area contributed by atoms with Crippen molar-refractivity contribution in [2.24, 2.45) is 0 Å². The summed E-state index contributed by atoms with van der Waals surface area (Å²) in [5, 5.41) is 15.5. The Hall–Kier alpha value is -1.09. The molecule has 24 heavy (non-hydrogen) atoms. The molecule has 0 amide bonds. The van der Waals surface area contributed by atoms with Gasteiger partial charge in [-0.15, -0.1) is 11.3 Å². The van der Waals surface area contributed by atoms with E-state index >= 15 is 0 Å². The van der Waals surface area contributed by atoms with Crippen molar-refractivity contribution in [2.45, 2.75) is 12.2 Å². The van der Waals surface area contributed by atoms with E-state index < -0.39 is 17.8 Å². The lowest BCUT2D eigenvalue weighted by Crippen LogP contribution is -2.45. The summed E-state index contributed by atoms with van der Waals surface area (Å²) in [5.41, 5.74) is -0.874. The van der Waals surface area contributed by atoms with Gasteiger partial charge in [0.05, 0.1) is 16.1 Å². The van der Waals surface area contributed by atoms with Crippen LogP contribution in [0.4, 0.5) is 13.2 Å². The van der Waals surface area contributed by atoms with Crippen molar-refractivity contribution in [2.75, 3.05) is 26.2 Å². The molecule has 0 spiro atoms. The van der Waals surface area contributed by atoms with E-state index in [1.165, 1.54) is 17.4 Å². The zero-order chi connectivity index (χ0) is 17.3. The van der Waals surface area contributed by atoms with Crippen LogP contribution in [0.5, 0.6) is 5.75 Å². The topological polar surface area (TPSA) is 35.5 Å². The molecule has 2 N–H and O–H groups in total. The van der Waals surface area contributed by atoms with E-state index in [0.29, 0.717) is 26.2 Å². The minimum absolute atomic E-state index is 0.0822. The number of piperazine rings is 1. The first kappa shape index (κ1) is 17.7. The average molecular weight is 421 g/mol. The zero-order valence-electron chi connectivity index (χ0n) is 12.6. The van der Waals surface area contributed by atoms with Crippen LogP contribution in [-0.4, -0.2) is 36.2 Å². The first-order valence-corrected chi connectivity index (χ1v) is 9.13. The second kappa shape index (κ2) is 7.03. The monoisotopic (exact) mass is 420 g/mol. The second-order valence-corrected chi connectivity index (χ2v) is 7.39. The zero-order valence-corrected chi connectivity index (χ0v) is 15.0. The molecule has 0 unspecified atom stereocenters. The number of phenolic OH excluding ortho intramolecular Hbond substituents is 1. The smallest absolute Gasteiger partial charge is 0.416 e. The fraction of sp³-hybridized carbons (Fsp3) is 0.375. The van der Waals surface area contributed by atoms with Gasteiger partial charge in [0, 0.05) is 36.6 Å². The van der Waals surface area contributed by atoms with Gasteiger partial charge in [-0.25, -0.2) is 0 Å². The number of benzene rings is 1. The van der Waals surface area contributed by atoms with Gasteiger partial charge in [0.2, 0.25) is 0 Å². The van der Waals surface area contributed by atoms with Gasteiger partial charge in [-0.1, -0.05) is 6.07 Å². The van der Waals surface area contributed by atoms with E-state index in [2.05, 4.69) is 21.2 Å². The Morgan fingerprint density at radius 3 is 2.50 bits per heavy atom. The number of alkyl halides is 3. The summed E-state index contributed by atoms with van der Waals surface area (Å²) >= 11 is 4.56. The number of nitrogens with one attached hydrogen (secondary N) is 1. The number of hydrogen-bond acceptors (Lipinski definition) is 4. The third-order valence-electron chi connectivity index (χ3n) is 4.08. The van der Waals surface area contributed by atoms with Crippen molar-refractivity contribution in [1.82, 2.24) is 10.2 Å². The Balaban J connectivity index is 2.19. The summed E-state index contributed by atoms with van der Waals surface area (Å²) in [6.45, 7) is 2.65. The van der Waals surface area contributed by atoms with Crippen LogP contribution in [-0.2, 0) is 6.18 Å². The summed E-state index contributed by atoms with van der Waals surface area (Å²) < 4.78 is 41.0. The number of aromatic hydroxyl groups is 1. The predicted octanol–water partition coefficient (Wildman–Crippen LogP) is 4.23. The van der Waals surface area contributed by atoms with Crippen LogP contribution in [0.25, 0.3) is 0 Å². The normalized spacial score (nSPS) is 17.8. The van der Waals surface area contributed by atoms with Gasteiger partial charge in [0.1, 0.15) is 5.75 Å². The molecule has 0 bridgehead atoms. The van der Waals surface area contributed by atoms with Crippen molar-refractivity contribution < 1.29 is 18.3 Å². The number of halogens is 4. The summed E-state index contributed by atoms with van der Waals surface area (Å²) in [6.07, 6.45) is -4.53. The van der Waals surface area contributed by atoms with Crippen molar-refractivity contribution in [3.8, 4) is 5.75 Å². The number of thiophene rings is 1. The molecule has 2 heterocycles. The van der Waals surface area contributed by atoms with E-state index in [9.17, 15) is 18.3 Å². The molecule has 3 rings (SSSR count). The van der Waals surface area contributed by atoms with E-state index in [1.807, 2.05) is 22.4 Å². The Morgan fingerprint density at radius 2 is 1.92 bits per heavy atom. The molecule has 1 atom stereocenters. The van der Waals surface area contributed by atoms with Crippen LogP contribution in [0.15, 0.2) is 34.1 Å². The molecule has 1 saturated heterocycles.